The number of nitrogens with one attached hydrogen (secondary N) is 2. The normalized spacial score (nSPS) is 13.5. The summed E-state index contributed by atoms with van der Waals surface area (Å²) in [5.41, 5.74) is 1.15. The molecule has 21 heavy (non-hydrogen) atoms. The maximum Gasteiger partial charge on any atom is 0.236 e. The first-order valence-electron chi connectivity index (χ1n) is 7.85. The fraction of sp³-hybridized carbons (Fsp3) is 0.588. The molecular formula is C17H28N2O2. The van der Waals surface area contributed by atoms with Crippen LogP contribution in [-0.2, 0) is 4.79 Å². The Morgan fingerprint density at radius 3 is 2.38 bits per heavy atom. The molecule has 0 bridgehead atoms. The number of benzene rings is 1. The first-order chi connectivity index (χ1) is 10.1. The van der Waals surface area contributed by atoms with Crippen molar-refractivity contribution in [2.45, 2.75) is 52.6 Å². The van der Waals surface area contributed by atoms with Crippen molar-refractivity contribution in [2.24, 2.45) is 0 Å². The second-order valence-corrected chi connectivity index (χ2v) is 5.32. The summed E-state index contributed by atoms with van der Waals surface area (Å²) >= 11 is 0. The van der Waals surface area contributed by atoms with Crippen molar-refractivity contribution in [3.8, 4) is 5.75 Å². The third-order valence-corrected chi connectivity index (χ3v) is 3.30. The first kappa shape index (κ1) is 17.5. The van der Waals surface area contributed by atoms with E-state index in [1.54, 1.807) is 0 Å². The van der Waals surface area contributed by atoms with Gasteiger partial charge in [0.1, 0.15) is 5.75 Å². The highest BCUT2D eigenvalue weighted by molar-refractivity contribution is 5.81. The Morgan fingerprint density at radius 1 is 1.14 bits per heavy atom. The second kappa shape index (κ2) is 9.40. The highest BCUT2D eigenvalue weighted by Gasteiger charge is 2.15. The number of rotatable bonds is 9. The predicted molar refractivity (Wildman–Crippen MR) is 86.5 cm³/mol. The third kappa shape index (κ3) is 6.17. The Kier molecular flexibility index (Phi) is 7.83. The van der Waals surface area contributed by atoms with Crippen LogP contribution in [-0.4, -0.2) is 25.1 Å². The van der Waals surface area contributed by atoms with E-state index in [1.807, 2.05) is 38.1 Å². The Balaban J connectivity index is 2.50. The quantitative estimate of drug-likeness (QED) is 0.735. The molecule has 4 heteroatoms. The molecule has 0 heterocycles. The van der Waals surface area contributed by atoms with Crippen molar-refractivity contribution in [3.05, 3.63) is 29.8 Å². The molecule has 1 rings (SSSR count). The highest BCUT2D eigenvalue weighted by Crippen LogP contribution is 2.18. The summed E-state index contributed by atoms with van der Waals surface area (Å²) < 4.78 is 5.57. The van der Waals surface area contributed by atoms with Gasteiger partial charge in [0.15, 0.2) is 0 Å². The van der Waals surface area contributed by atoms with E-state index >= 15 is 0 Å². The van der Waals surface area contributed by atoms with Crippen LogP contribution in [0.2, 0.25) is 0 Å². The lowest BCUT2D eigenvalue weighted by molar-refractivity contribution is -0.122. The summed E-state index contributed by atoms with van der Waals surface area (Å²) in [5.74, 6) is 0.938. The zero-order chi connectivity index (χ0) is 15.7. The zero-order valence-electron chi connectivity index (χ0n) is 13.6. The molecule has 0 radical (unpaired) electrons. The van der Waals surface area contributed by atoms with E-state index in [4.69, 9.17) is 4.74 Å². The number of carbonyl (C=O) groups excluding carboxylic acids is 1. The van der Waals surface area contributed by atoms with E-state index in [1.165, 1.54) is 0 Å². The maximum absolute atomic E-state index is 11.8. The van der Waals surface area contributed by atoms with Crippen molar-refractivity contribution in [3.63, 3.8) is 0 Å². The first-order valence-corrected chi connectivity index (χ1v) is 7.85. The summed E-state index contributed by atoms with van der Waals surface area (Å²) in [6.45, 7) is 9.55. The number of amides is 1. The molecular weight excluding hydrogens is 264 g/mol. The zero-order valence-corrected chi connectivity index (χ0v) is 13.6. The smallest absolute Gasteiger partial charge is 0.236 e. The minimum absolute atomic E-state index is 0.0478. The summed E-state index contributed by atoms with van der Waals surface area (Å²) in [5, 5.41) is 6.21. The number of carbonyl (C=O) groups is 1. The summed E-state index contributed by atoms with van der Waals surface area (Å²) in [4.78, 5) is 11.8. The average Bonchev–Trinajstić information content (AvgIpc) is 2.50. The Hall–Kier alpha value is -1.55. The van der Waals surface area contributed by atoms with Crippen LogP contribution in [0.4, 0.5) is 0 Å². The van der Waals surface area contributed by atoms with Crippen LogP contribution in [0.1, 0.15) is 52.1 Å². The van der Waals surface area contributed by atoms with Crippen molar-refractivity contribution in [1.29, 1.82) is 0 Å². The van der Waals surface area contributed by atoms with Gasteiger partial charge in [-0.05, 0) is 44.4 Å². The molecule has 0 spiro atoms. The van der Waals surface area contributed by atoms with Gasteiger partial charge in [-0.1, -0.05) is 26.0 Å². The van der Waals surface area contributed by atoms with Gasteiger partial charge in [0.2, 0.25) is 5.91 Å². The van der Waals surface area contributed by atoms with Crippen molar-refractivity contribution >= 4 is 5.91 Å². The van der Waals surface area contributed by atoms with Crippen molar-refractivity contribution < 1.29 is 9.53 Å². The molecule has 2 N–H and O–H groups in total. The Labute approximate surface area is 128 Å². The topological polar surface area (TPSA) is 50.4 Å². The summed E-state index contributed by atoms with van der Waals surface area (Å²) in [7, 11) is 0. The molecule has 0 saturated carbocycles. The lowest BCUT2D eigenvalue weighted by Crippen LogP contribution is -2.43. The molecule has 0 fully saturated rings. The molecule has 1 amide bonds. The van der Waals surface area contributed by atoms with Crippen LogP contribution < -0.4 is 15.4 Å². The van der Waals surface area contributed by atoms with Crippen LogP contribution in [0.25, 0.3) is 0 Å². The Bertz CT molecular complexity index is 417. The van der Waals surface area contributed by atoms with E-state index in [0.717, 1.165) is 37.3 Å². The predicted octanol–water partition coefficient (Wildman–Crippen LogP) is 3.04. The largest absolute Gasteiger partial charge is 0.494 e. The molecule has 1 aromatic rings. The third-order valence-electron chi connectivity index (χ3n) is 3.30. The van der Waals surface area contributed by atoms with Gasteiger partial charge < -0.3 is 10.1 Å². The molecule has 2 unspecified atom stereocenters. The maximum atomic E-state index is 11.8. The lowest BCUT2D eigenvalue weighted by Gasteiger charge is -2.20. The molecule has 118 valence electrons. The number of ether oxygens (including phenoxy) is 1. The molecule has 0 saturated heterocycles. The Morgan fingerprint density at radius 2 is 1.81 bits per heavy atom. The highest BCUT2D eigenvalue weighted by atomic mass is 16.5. The molecule has 0 aliphatic carbocycles. The monoisotopic (exact) mass is 292 g/mol. The van der Waals surface area contributed by atoms with Crippen molar-refractivity contribution in [1.82, 2.24) is 10.6 Å². The molecule has 2 atom stereocenters. The fourth-order valence-electron chi connectivity index (χ4n) is 2.02. The van der Waals surface area contributed by atoms with Crippen LogP contribution in [0, 0.1) is 0 Å². The lowest BCUT2D eigenvalue weighted by atomic mass is 10.1. The summed E-state index contributed by atoms with van der Waals surface area (Å²) in [6.07, 6.45) is 1.96. The van der Waals surface area contributed by atoms with Crippen LogP contribution in [0.3, 0.4) is 0 Å². The average molecular weight is 292 g/mol. The minimum Gasteiger partial charge on any atom is -0.494 e. The van der Waals surface area contributed by atoms with E-state index in [2.05, 4.69) is 24.5 Å². The van der Waals surface area contributed by atoms with Crippen LogP contribution >= 0.6 is 0 Å². The number of hydrogen-bond acceptors (Lipinski definition) is 3. The molecule has 0 aliphatic rings. The van der Waals surface area contributed by atoms with Crippen LogP contribution in [0.15, 0.2) is 24.3 Å². The molecule has 1 aromatic carbocycles. The molecule has 0 aromatic heterocycles. The van der Waals surface area contributed by atoms with Gasteiger partial charge >= 0.3 is 0 Å². The van der Waals surface area contributed by atoms with Gasteiger partial charge in [0.05, 0.1) is 12.6 Å². The summed E-state index contributed by atoms with van der Waals surface area (Å²) in [6, 6.07) is 7.95. The van der Waals surface area contributed by atoms with Gasteiger partial charge in [-0.25, -0.2) is 0 Å². The fourth-order valence-corrected chi connectivity index (χ4v) is 2.02. The van der Waals surface area contributed by atoms with Gasteiger partial charge in [-0.2, -0.15) is 0 Å². The second-order valence-electron chi connectivity index (χ2n) is 5.32. The molecule has 0 aliphatic heterocycles. The van der Waals surface area contributed by atoms with E-state index in [-0.39, 0.29) is 18.0 Å². The standard InChI is InChI=1S/C17H28N2O2/c1-5-11-18-17(20)14(4)19-13(3)15-7-9-16(10-8-15)21-12-6-2/h7-10,13-14,19H,5-6,11-12H2,1-4H3,(H,18,20). The molecule has 4 nitrogen and oxygen atoms in total. The van der Waals surface area contributed by atoms with Crippen LogP contribution in [0.5, 0.6) is 5.75 Å². The van der Waals surface area contributed by atoms with E-state index < -0.39 is 0 Å². The SMILES string of the molecule is CCCNC(=O)C(C)NC(C)c1ccc(OCCC)cc1. The number of hydrogen-bond donors (Lipinski definition) is 2. The van der Waals surface area contributed by atoms with Gasteiger partial charge in [-0.15, -0.1) is 0 Å². The minimum atomic E-state index is -0.206. The van der Waals surface area contributed by atoms with E-state index in [0.29, 0.717) is 0 Å². The van der Waals surface area contributed by atoms with Crippen molar-refractivity contribution in [2.75, 3.05) is 13.2 Å². The van der Waals surface area contributed by atoms with Gasteiger partial charge in [-0.3, -0.25) is 10.1 Å². The van der Waals surface area contributed by atoms with E-state index in [9.17, 15) is 4.79 Å². The van der Waals surface area contributed by atoms with Gasteiger partial charge in [0, 0.05) is 12.6 Å². The van der Waals surface area contributed by atoms with Gasteiger partial charge in [0.25, 0.3) is 0 Å².